The van der Waals surface area contributed by atoms with Crippen molar-refractivity contribution in [2.45, 2.75) is 31.7 Å². The highest BCUT2D eigenvalue weighted by atomic mass is 19.1. The molecule has 1 unspecified atom stereocenters. The molecule has 1 aromatic carbocycles. The van der Waals surface area contributed by atoms with Crippen molar-refractivity contribution >= 4 is 11.5 Å². The summed E-state index contributed by atoms with van der Waals surface area (Å²) in [6, 6.07) is 2.12. The van der Waals surface area contributed by atoms with Crippen molar-refractivity contribution in [1.29, 1.82) is 5.41 Å². The molecule has 4 nitrogen and oxygen atoms in total. The number of nitrogen functional groups attached to an aromatic ring is 1. The maximum Gasteiger partial charge on any atom is 0.150 e. The van der Waals surface area contributed by atoms with Gasteiger partial charge in [-0.25, -0.2) is 8.78 Å². The molecule has 2 rings (SSSR count). The second kappa shape index (κ2) is 6.17. The molecule has 6 heteroatoms. The predicted molar refractivity (Wildman–Crippen MR) is 74.1 cm³/mol. The third kappa shape index (κ3) is 2.90. The molecule has 0 aromatic heterocycles. The summed E-state index contributed by atoms with van der Waals surface area (Å²) in [4.78, 5) is 1.69. The van der Waals surface area contributed by atoms with Gasteiger partial charge in [0.25, 0.3) is 0 Å². The van der Waals surface area contributed by atoms with Crippen LogP contribution in [0.25, 0.3) is 0 Å². The van der Waals surface area contributed by atoms with E-state index in [1.165, 1.54) is 0 Å². The van der Waals surface area contributed by atoms with Gasteiger partial charge in [-0.05, 0) is 37.8 Å². The second-order valence-electron chi connectivity index (χ2n) is 5.06. The molecule has 20 heavy (non-hydrogen) atoms. The van der Waals surface area contributed by atoms with Crippen LogP contribution >= 0.6 is 0 Å². The molecule has 0 saturated carbocycles. The van der Waals surface area contributed by atoms with Crippen molar-refractivity contribution in [2.75, 3.05) is 18.1 Å². The summed E-state index contributed by atoms with van der Waals surface area (Å²) in [5, 5.41) is 16.3. The van der Waals surface area contributed by atoms with Crippen LogP contribution in [0.1, 0.15) is 31.2 Å². The Balaban J connectivity index is 2.37. The first-order chi connectivity index (χ1) is 9.54. The number of piperidine rings is 1. The fourth-order valence-corrected chi connectivity index (χ4v) is 2.74. The van der Waals surface area contributed by atoms with Gasteiger partial charge in [-0.2, -0.15) is 0 Å². The van der Waals surface area contributed by atoms with Crippen molar-refractivity contribution in [3.8, 4) is 0 Å². The number of rotatable bonds is 4. The predicted octanol–water partition coefficient (Wildman–Crippen LogP) is 1.99. The molecule has 1 heterocycles. The van der Waals surface area contributed by atoms with E-state index in [0.717, 1.165) is 31.4 Å². The van der Waals surface area contributed by atoms with Gasteiger partial charge in [0.1, 0.15) is 23.2 Å². The molecule has 1 aliphatic rings. The van der Waals surface area contributed by atoms with Gasteiger partial charge in [0, 0.05) is 24.8 Å². The van der Waals surface area contributed by atoms with Crippen molar-refractivity contribution in [1.82, 2.24) is 0 Å². The molecule has 1 aliphatic heterocycles. The smallest absolute Gasteiger partial charge is 0.150 e. The number of nitrogens with two attached hydrogens (primary N) is 1. The summed E-state index contributed by atoms with van der Waals surface area (Å²) in [6.07, 6.45) is 3.17. The van der Waals surface area contributed by atoms with E-state index in [-0.39, 0.29) is 29.7 Å². The number of hydrogen-bond acceptors (Lipinski definition) is 3. The number of aliphatic hydroxyl groups is 1. The molecular formula is C14H19F2N3O. The Morgan fingerprint density at radius 1 is 1.35 bits per heavy atom. The highest BCUT2D eigenvalue weighted by Gasteiger charge is 2.27. The minimum atomic E-state index is -0.708. The topological polar surface area (TPSA) is 73.3 Å². The molecular weight excluding hydrogens is 264 g/mol. The van der Waals surface area contributed by atoms with E-state index < -0.39 is 11.6 Å². The standard InChI is InChI=1S/C14H19F2N3O/c15-11-7-9(14(17)18)8-12(16)13(11)19-5-2-1-3-10(19)4-6-20/h7-8,10,20H,1-6H2,(H3,17,18). The SMILES string of the molecule is N=C(N)c1cc(F)c(N2CCCCC2CCO)c(F)c1. The molecule has 1 aromatic rings. The van der Waals surface area contributed by atoms with E-state index in [9.17, 15) is 8.78 Å². The van der Waals surface area contributed by atoms with Crippen LogP contribution < -0.4 is 10.6 Å². The number of aliphatic hydroxyl groups excluding tert-OH is 1. The largest absolute Gasteiger partial charge is 0.396 e. The molecule has 0 spiro atoms. The van der Waals surface area contributed by atoms with E-state index in [4.69, 9.17) is 16.2 Å². The maximum atomic E-state index is 14.2. The zero-order valence-electron chi connectivity index (χ0n) is 11.2. The van der Waals surface area contributed by atoms with Gasteiger partial charge in [0.15, 0.2) is 0 Å². The van der Waals surface area contributed by atoms with E-state index in [1.54, 1.807) is 4.90 Å². The van der Waals surface area contributed by atoms with Crippen LogP contribution in [-0.4, -0.2) is 30.1 Å². The number of amidine groups is 1. The average Bonchev–Trinajstić information content (AvgIpc) is 2.40. The second-order valence-corrected chi connectivity index (χ2v) is 5.06. The number of hydrogen-bond donors (Lipinski definition) is 3. The van der Waals surface area contributed by atoms with Crippen LogP contribution in [0.2, 0.25) is 0 Å². The third-order valence-electron chi connectivity index (χ3n) is 3.70. The van der Waals surface area contributed by atoms with Crippen molar-refractivity contribution in [3.63, 3.8) is 0 Å². The summed E-state index contributed by atoms with van der Waals surface area (Å²) < 4.78 is 28.3. The molecule has 1 fully saturated rings. The molecule has 1 atom stereocenters. The Kier molecular flexibility index (Phi) is 4.54. The third-order valence-corrected chi connectivity index (χ3v) is 3.70. The lowest BCUT2D eigenvalue weighted by Gasteiger charge is -2.37. The number of nitrogens with zero attached hydrogens (tertiary/aromatic N) is 1. The fourth-order valence-electron chi connectivity index (χ4n) is 2.74. The number of benzene rings is 1. The quantitative estimate of drug-likeness (QED) is 0.584. The number of anilines is 1. The van der Waals surface area contributed by atoms with Gasteiger partial charge in [-0.3, -0.25) is 5.41 Å². The van der Waals surface area contributed by atoms with E-state index in [1.807, 2.05) is 0 Å². The summed E-state index contributed by atoms with van der Waals surface area (Å²) >= 11 is 0. The highest BCUT2D eigenvalue weighted by Crippen LogP contribution is 2.31. The highest BCUT2D eigenvalue weighted by molar-refractivity contribution is 5.95. The lowest BCUT2D eigenvalue weighted by atomic mass is 9.98. The molecule has 110 valence electrons. The Labute approximate surface area is 116 Å². The van der Waals surface area contributed by atoms with Crippen LogP contribution in [0.4, 0.5) is 14.5 Å². The molecule has 4 N–H and O–H groups in total. The first-order valence-corrected chi connectivity index (χ1v) is 6.75. The van der Waals surface area contributed by atoms with Crippen LogP contribution in [0.3, 0.4) is 0 Å². The van der Waals surface area contributed by atoms with Gasteiger partial charge >= 0.3 is 0 Å². The Hall–Kier alpha value is -1.69. The maximum absolute atomic E-state index is 14.2. The lowest BCUT2D eigenvalue weighted by Crippen LogP contribution is -2.41. The van der Waals surface area contributed by atoms with Gasteiger partial charge in [0.05, 0.1) is 0 Å². The summed E-state index contributed by atoms with van der Waals surface area (Å²) in [6.45, 7) is 0.563. The van der Waals surface area contributed by atoms with Gasteiger partial charge in [-0.1, -0.05) is 0 Å². The van der Waals surface area contributed by atoms with Crippen molar-refractivity contribution in [3.05, 3.63) is 29.3 Å². The van der Waals surface area contributed by atoms with Crippen LogP contribution in [0, 0.1) is 17.0 Å². The monoisotopic (exact) mass is 283 g/mol. The van der Waals surface area contributed by atoms with E-state index in [2.05, 4.69) is 0 Å². The average molecular weight is 283 g/mol. The first kappa shape index (κ1) is 14.7. The Morgan fingerprint density at radius 3 is 2.55 bits per heavy atom. The van der Waals surface area contributed by atoms with Crippen LogP contribution in [-0.2, 0) is 0 Å². The van der Waals surface area contributed by atoms with E-state index in [0.29, 0.717) is 13.0 Å². The summed E-state index contributed by atoms with van der Waals surface area (Å²) in [7, 11) is 0. The number of nitrogens with one attached hydrogen (secondary N) is 1. The van der Waals surface area contributed by atoms with Crippen LogP contribution in [0.15, 0.2) is 12.1 Å². The lowest BCUT2D eigenvalue weighted by molar-refractivity contribution is 0.261. The van der Waals surface area contributed by atoms with E-state index >= 15 is 0 Å². The number of halogens is 2. The minimum absolute atomic E-state index is 0.00403. The van der Waals surface area contributed by atoms with Gasteiger partial charge in [0.2, 0.25) is 0 Å². The van der Waals surface area contributed by atoms with Gasteiger partial charge in [-0.15, -0.1) is 0 Å². The van der Waals surface area contributed by atoms with Crippen LogP contribution in [0.5, 0.6) is 0 Å². The molecule has 0 bridgehead atoms. The Bertz CT molecular complexity index is 482. The van der Waals surface area contributed by atoms with Gasteiger partial charge < -0.3 is 15.7 Å². The zero-order valence-corrected chi connectivity index (χ0v) is 11.2. The molecule has 1 saturated heterocycles. The van der Waals surface area contributed by atoms with Crippen molar-refractivity contribution < 1.29 is 13.9 Å². The Morgan fingerprint density at radius 2 is 2.00 bits per heavy atom. The molecule has 0 amide bonds. The first-order valence-electron chi connectivity index (χ1n) is 6.75. The van der Waals surface area contributed by atoms with Crippen molar-refractivity contribution in [2.24, 2.45) is 5.73 Å². The fraction of sp³-hybridized carbons (Fsp3) is 0.500. The normalized spacial score (nSPS) is 19.1. The summed E-state index contributed by atoms with van der Waals surface area (Å²) in [5.74, 6) is -1.78. The summed E-state index contributed by atoms with van der Waals surface area (Å²) in [5.41, 5.74) is 5.22. The zero-order chi connectivity index (χ0) is 14.7. The molecule has 0 radical (unpaired) electrons. The molecule has 0 aliphatic carbocycles. The minimum Gasteiger partial charge on any atom is -0.396 e.